The van der Waals surface area contributed by atoms with Gasteiger partial charge in [0.05, 0.1) is 28.5 Å². The van der Waals surface area contributed by atoms with E-state index in [-0.39, 0.29) is 17.0 Å². The maximum absolute atomic E-state index is 14.3. The van der Waals surface area contributed by atoms with E-state index in [4.69, 9.17) is 11.1 Å². The number of benzene rings is 1. The predicted octanol–water partition coefficient (Wildman–Crippen LogP) is 3.91. The third-order valence-electron chi connectivity index (χ3n) is 5.63. The minimum atomic E-state index is -0.731. The lowest BCUT2D eigenvalue weighted by atomic mass is 10.0. The van der Waals surface area contributed by atoms with Crippen LogP contribution in [0, 0.1) is 11.2 Å². The van der Waals surface area contributed by atoms with Crippen molar-refractivity contribution >= 4 is 34.0 Å². The number of pyridine rings is 1. The van der Waals surface area contributed by atoms with E-state index >= 15 is 0 Å². The Labute approximate surface area is 174 Å². The Hall–Kier alpha value is -3.26. The van der Waals surface area contributed by atoms with Crippen molar-refractivity contribution in [2.45, 2.75) is 39.3 Å². The molecular weight excluding hydrogens is 383 g/mol. The number of hydrogen-bond acceptors (Lipinski definition) is 5. The first-order valence-corrected chi connectivity index (χ1v) is 9.99. The number of nitrogens with two attached hydrogens (primary N) is 1. The van der Waals surface area contributed by atoms with Gasteiger partial charge in [0.1, 0.15) is 5.82 Å². The van der Waals surface area contributed by atoms with Crippen LogP contribution in [-0.2, 0) is 6.54 Å². The lowest BCUT2D eigenvalue weighted by Gasteiger charge is -2.19. The predicted molar refractivity (Wildman–Crippen MR) is 116 cm³/mol. The summed E-state index contributed by atoms with van der Waals surface area (Å²) < 4.78 is 14.3. The van der Waals surface area contributed by atoms with Crippen LogP contribution in [0.2, 0.25) is 0 Å². The van der Waals surface area contributed by atoms with Crippen molar-refractivity contribution in [3.05, 3.63) is 53.1 Å². The Bertz CT molecular complexity index is 1140. The van der Waals surface area contributed by atoms with Crippen molar-refractivity contribution < 1.29 is 9.18 Å². The average Bonchev–Trinajstić information content (AvgIpc) is 3.26. The van der Waals surface area contributed by atoms with E-state index < -0.39 is 11.7 Å². The van der Waals surface area contributed by atoms with E-state index in [0.29, 0.717) is 17.3 Å². The van der Waals surface area contributed by atoms with Gasteiger partial charge >= 0.3 is 0 Å². The van der Waals surface area contributed by atoms with Crippen molar-refractivity contribution in [2.24, 2.45) is 0 Å². The molecule has 0 radical (unpaired) electrons. The molecule has 0 aliphatic carbocycles. The monoisotopic (exact) mass is 408 g/mol. The van der Waals surface area contributed by atoms with E-state index in [1.54, 1.807) is 12.3 Å². The third kappa shape index (κ3) is 3.91. The van der Waals surface area contributed by atoms with Gasteiger partial charge in [0.15, 0.2) is 0 Å². The number of H-pyrrole nitrogens is 1. The highest BCUT2D eigenvalue weighted by molar-refractivity contribution is 6.08. The summed E-state index contributed by atoms with van der Waals surface area (Å²) in [5, 5.41) is 10.4. The molecule has 1 unspecified atom stereocenters. The molecule has 30 heavy (non-hydrogen) atoms. The maximum Gasteiger partial charge on any atom is 0.258 e. The number of aromatic nitrogens is 2. The number of likely N-dealkylation sites (tertiary alicyclic amines) is 1. The zero-order chi connectivity index (χ0) is 21.4. The molecule has 7 nitrogen and oxygen atoms in total. The van der Waals surface area contributed by atoms with Gasteiger partial charge in [-0.05, 0) is 57.5 Å². The number of carbonyl (C=O) groups is 1. The number of amides is 1. The molecule has 2 aromatic heterocycles. The SMILES string of the molecule is CC(=N)c1cc(C(=O)Nc2cnc3cc(CN4CCCC4C)[nH]c3c2)c(F)cc1N. The Balaban J connectivity index is 1.54. The molecule has 3 heterocycles. The van der Waals surface area contributed by atoms with Crippen LogP contribution in [0.5, 0.6) is 0 Å². The smallest absolute Gasteiger partial charge is 0.258 e. The number of nitrogens with zero attached hydrogens (tertiary/aromatic N) is 2. The number of aromatic amines is 1. The van der Waals surface area contributed by atoms with Gasteiger partial charge in [0.2, 0.25) is 0 Å². The van der Waals surface area contributed by atoms with Crippen LogP contribution in [0.4, 0.5) is 15.8 Å². The van der Waals surface area contributed by atoms with Crippen molar-refractivity contribution in [3.8, 4) is 0 Å². The van der Waals surface area contributed by atoms with Gasteiger partial charge in [-0.3, -0.25) is 14.7 Å². The van der Waals surface area contributed by atoms with Crippen LogP contribution in [0.25, 0.3) is 11.0 Å². The topological polar surface area (TPSA) is 111 Å². The molecule has 0 saturated carbocycles. The second kappa shape index (κ2) is 7.87. The molecule has 1 atom stereocenters. The summed E-state index contributed by atoms with van der Waals surface area (Å²) in [6.45, 7) is 5.70. The quantitative estimate of drug-likeness (QED) is 0.379. The second-order valence-corrected chi connectivity index (χ2v) is 7.91. The lowest BCUT2D eigenvalue weighted by molar-refractivity contribution is 0.102. The fourth-order valence-corrected chi connectivity index (χ4v) is 3.95. The number of nitrogen functional groups attached to an aromatic ring is 1. The Morgan fingerprint density at radius 2 is 2.17 bits per heavy atom. The van der Waals surface area contributed by atoms with Crippen LogP contribution in [0.3, 0.4) is 0 Å². The fourth-order valence-electron chi connectivity index (χ4n) is 3.95. The van der Waals surface area contributed by atoms with E-state index in [1.807, 2.05) is 6.07 Å². The Kier molecular flexibility index (Phi) is 5.26. The molecule has 1 aliphatic rings. The highest BCUT2D eigenvalue weighted by Gasteiger charge is 2.21. The first-order chi connectivity index (χ1) is 14.3. The maximum atomic E-state index is 14.3. The Morgan fingerprint density at radius 1 is 1.37 bits per heavy atom. The summed E-state index contributed by atoms with van der Waals surface area (Å²) in [4.78, 5) is 22.8. The van der Waals surface area contributed by atoms with Crippen LogP contribution < -0.4 is 11.1 Å². The van der Waals surface area contributed by atoms with Gasteiger partial charge in [-0.25, -0.2) is 4.39 Å². The minimum Gasteiger partial charge on any atom is -0.398 e. The standard InChI is InChI=1S/C22H25FN6O/c1-12-4-3-5-29(12)11-15-7-20-21(27-15)6-14(10-26-20)28-22(30)17-8-16(13(2)24)19(25)9-18(17)23/h6-10,12,24,27H,3-5,11,25H2,1-2H3,(H,28,30). The number of hydrogen-bond donors (Lipinski definition) is 4. The molecule has 3 aromatic rings. The summed E-state index contributed by atoms with van der Waals surface area (Å²) in [6.07, 6.45) is 3.99. The van der Waals surface area contributed by atoms with E-state index in [9.17, 15) is 9.18 Å². The summed E-state index contributed by atoms with van der Waals surface area (Å²) in [5.74, 6) is -1.35. The molecule has 8 heteroatoms. The van der Waals surface area contributed by atoms with Crippen molar-refractivity contribution in [2.75, 3.05) is 17.6 Å². The van der Waals surface area contributed by atoms with Crippen LogP contribution in [-0.4, -0.2) is 39.1 Å². The number of rotatable bonds is 5. The molecule has 0 bridgehead atoms. The Morgan fingerprint density at radius 3 is 2.87 bits per heavy atom. The second-order valence-electron chi connectivity index (χ2n) is 7.91. The molecule has 4 rings (SSSR count). The van der Waals surface area contributed by atoms with Crippen molar-refractivity contribution in [1.29, 1.82) is 5.41 Å². The van der Waals surface area contributed by atoms with Gasteiger partial charge in [-0.2, -0.15) is 0 Å². The first-order valence-electron chi connectivity index (χ1n) is 9.99. The van der Waals surface area contributed by atoms with Crippen LogP contribution in [0.1, 0.15) is 48.3 Å². The molecule has 5 N–H and O–H groups in total. The minimum absolute atomic E-state index is 0.130. The normalized spacial score (nSPS) is 16.8. The van der Waals surface area contributed by atoms with Gasteiger partial charge in [0.25, 0.3) is 5.91 Å². The molecule has 1 fully saturated rings. The number of fused-ring (bicyclic) bond motifs is 1. The average molecular weight is 408 g/mol. The molecule has 0 spiro atoms. The van der Waals surface area contributed by atoms with E-state index in [2.05, 4.69) is 27.1 Å². The lowest BCUT2D eigenvalue weighted by Crippen LogP contribution is -2.26. The number of nitrogens with one attached hydrogen (secondary N) is 3. The molecule has 1 saturated heterocycles. The van der Waals surface area contributed by atoms with Crippen LogP contribution >= 0.6 is 0 Å². The number of anilines is 2. The fraction of sp³-hybridized carbons (Fsp3) is 0.318. The summed E-state index contributed by atoms with van der Waals surface area (Å²) in [6, 6.07) is 6.75. The van der Waals surface area contributed by atoms with Crippen LogP contribution in [0.15, 0.2) is 30.5 Å². The molecule has 156 valence electrons. The molecular formula is C22H25FN6O. The highest BCUT2D eigenvalue weighted by Crippen LogP contribution is 2.24. The molecule has 1 aromatic carbocycles. The van der Waals surface area contributed by atoms with E-state index in [0.717, 1.165) is 35.9 Å². The van der Waals surface area contributed by atoms with Gasteiger partial charge in [-0.1, -0.05) is 0 Å². The van der Waals surface area contributed by atoms with Crippen molar-refractivity contribution in [3.63, 3.8) is 0 Å². The highest BCUT2D eigenvalue weighted by atomic mass is 19.1. The number of carbonyl (C=O) groups excluding carboxylic acids is 1. The van der Waals surface area contributed by atoms with E-state index in [1.165, 1.54) is 25.8 Å². The zero-order valence-electron chi connectivity index (χ0n) is 17.1. The summed E-state index contributed by atoms with van der Waals surface area (Å²) >= 11 is 0. The van der Waals surface area contributed by atoms with Gasteiger partial charge in [-0.15, -0.1) is 0 Å². The van der Waals surface area contributed by atoms with Gasteiger partial charge in [0, 0.05) is 35.2 Å². The summed E-state index contributed by atoms with van der Waals surface area (Å²) in [5.41, 5.74) is 9.36. The molecule has 1 amide bonds. The number of halogens is 1. The van der Waals surface area contributed by atoms with Crippen molar-refractivity contribution in [1.82, 2.24) is 14.9 Å². The largest absolute Gasteiger partial charge is 0.398 e. The summed E-state index contributed by atoms with van der Waals surface area (Å²) in [7, 11) is 0. The van der Waals surface area contributed by atoms with Gasteiger partial charge < -0.3 is 21.4 Å². The molecule has 1 aliphatic heterocycles. The third-order valence-corrected chi connectivity index (χ3v) is 5.63. The first kappa shape index (κ1) is 20.0. The zero-order valence-corrected chi connectivity index (χ0v) is 17.1.